The molecule has 6 nitrogen and oxygen atoms in total. The Morgan fingerprint density at radius 2 is 2.15 bits per heavy atom. The van der Waals surface area contributed by atoms with Crippen LogP contribution in [-0.4, -0.2) is 19.9 Å². The molecule has 2 heterocycles. The lowest BCUT2D eigenvalue weighted by molar-refractivity contribution is -0.117. The topological polar surface area (TPSA) is 76.9 Å². The van der Waals surface area contributed by atoms with Gasteiger partial charge in [0.25, 0.3) is 5.56 Å². The molecule has 0 saturated heterocycles. The fourth-order valence-corrected chi connectivity index (χ4v) is 2.29. The summed E-state index contributed by atoms with van der Waals surface area (Å²) in [5, 5.41) is 0.464. The van der Waals surface area contributed by atoms with Gasteiger partial charge in [0.05, 0.1) is 5.39 Å². The summed E-state index contributed by atoms with van der Waals surface area (Å²) in [6, 6.07) is 0. The summed E-state index contributed by atoms with van der Waals surface area (Å²) >= 11 is 0. The van der Waals surface area contributed by atoms with Gasteiger partial charge in [-0.15, -0.1) is 0 Å². The Labute approximate surface area is 120 Å². The quantitative estimate of drug-likeness (QED) is 0.833. The molecular weight excluding hydrogens is 258 g/mol. The summed E-state index contributed by atoms with van der Waals surface area (Å²) in [6.45, 7) is -0.654. The van der Waals surface area contributed by atoms with Crippen molar-refractivity contribution in [2.24, 2.45) is 7.05 Å². The number of Topliss-reactive ketones (excluding diaryl/α,β-unsaturated/α-hetero) is 1. The number of carbonyl (C=O) groups excluding carboxylic acids is 1. The second kappa shape index (κ2) is 5.48. The van der Waals surface area contributed by atoms with Gasteiger partial charge in [-0.05, 0) is 32.2 Å². The van der Waals surface area contributed by atoms with Gasteiger partial charge in [0.15, 0.2) is 0 Å². The van der Waals surface area contributed by atoms with E-state index < -0.39 is 18.3 Å². The van der Waals surface area contributed by atoms with Crippen LogP contribution in [0.3, 0.4) is 0 Å². The number of hydrogen-bond acceptors (Lipinski definition) is 3. The van der Waals surface area contributed by atoms with E-state index in [1.54, 1.807) is 20.2 Å². The molecular formula is C14H19N3O3. The molecule has 0 spiro atoms. The first-order chi connectivity index (χ1) is 10.6. The van der Waals surface area contributed by atoms with Crippen molar-refractivity contribution in [3.05, 3.63) is 32.6 Å². The Morgan fingerprint density at radius 3 is 2.85 bits per heavy atom. The molecule has 108 valence electrons. The first-order valence-corrected chi connectivity index (χ1v) is 6.45. The van der Waals surface area contributed by atoms with E-state index in [-0.39, 0.29) is 18.5 Å². The van der Waals surface area contributed by atoms with Gasteiger partial charge in [0.2, 0.25) is 0 Å². The number of aromatic amines is 1. The Morgan fingerprint density at radius 1 is 1.40 bits per heavy atom. The number of H-pyrrole nitrogens is 1. The predicted octanol–water partition coefficient (Wildman–Crippen LogP) is 1.10. The van der Waals surface area contributed by atoms with Gasteiger partial charge in [-0.1, -0.05) is 0 Å². The molecule has 2 rings (SSSR count). The van der Waals surface area contributed by atoms with E-state index in [0.29, 0.717) is 23.9 Å². The van der Waals surface area contributed by atoms with Crippen LogP contribution in [0.2, 0.25) is 0 Å². The van der Waals surface area contributed by atoms with Gasteiger partial charge in [-0.2, -0.15) is 0 Å². The van der Waals surface area contributed by atoms with Crippen LogP contribution in [0.5, 0.6) is 0 Å². The highest BCUT2D eigenvalue weighted by Gasteiger charge is 2.13. The Kier molecular flexibility index (Phi) is 2.92. The summed E-state index contributed by atoms with van der Waals surface area (Å²) in [6.07, 6.45) is 2.28. The number of aryl methyl sites for hydroxylation is 2. The minimum absolute atomic E-state index is 0.0863. The number of hydrogen-bond donors (Lipinski definition) is 1. The van der Waals surface area contributed by atoms with Crippen LogP contribution in [0.25, 0.3) is 11.0 Å². The minimum Gasteiger partial charge on any atom is -0.347 e. The maximum Gasteiger partial charge on any atom is 0.332 e. The van der Waals surface area contributed by atoms with E-state index >= 15 is 0 Å². The molecule has 0 amide bonds. The number of aromatic nitrogens is 3. The number of nitrogens with zero attached hydrogens (tertiary/aromatic N) is 2. The van der Waals surface area contributed by atoms with Crippen LogP contribution in [0, 0.1) is 6.92 Å². The van der Waals surface area contributed by atoms with Crippen molar-refractivity contribution >= 4 is 16.8 Å². The number of nitrogens with one attached hydrogen (secondary N) is 1. The highest BCUT2D eigenvalue weighted by Crippen LogP contribution is 2.10. The third-order valence-corrected chi connectivity index (χ3v) is 3.40. The number of rotatable bonds is 5. The average molecular weight is 280 g/mol. The monoisotopic (exact) mass is 280 g/mol. The second-order valence-corrected chi connectivity index (χ2v) is 4.87. The van der Waals surface area contributed by atoms with Crippen LogP contribution in [0.1, 0.15) is 35.8 Å². The van der Waals surface area contributed by atoms with Crippen molar-refractivity contribution < 1.29 is 8.91 Å². The van der Waals surface area contributed by atoms with Crippen LogP contribution in [0.4, 0.5) is 0 Å². The molecule has 0 aliphatic carbocycles. The zero-order chi connectivity index (χ0) is 17.4. The van der Waals surface area contributed by atoms with E-state index in [1.807, 2.05) is 0 Å². The highest BCUT2D eigenvalue weighted by atomic mass is 16.2. The summed E-state index contributed by atoms with van der Waals surface area (Å²) < 4.78 is 23.5. The Balaban J connectivity index is 2.18. The van der Waals surface area contributed by atoms with Crippen molar-refractivity contribution in [2.75, 3.05) is 0 Å². The number of unbranched alkanes of at least 4 members (excludes halogenated alkanes) is 1. The minimum atomic E-state index is -2.59. The normalized spacial score (nSPS) is 14.0. The number of ketones is 1. The zero-order valence-electron chi connectivity index (χ0n) is 14.5. The maximum absolute atomic E-state index is 12.4. The van der Waals surface area contributed by atoms with Gasteiger partial charge in [-0.3, -0.25) is 13.9 Å². The molecule has 0 aromatic carbocycles. The molecule has 0 aliphatic heterocycles. The molecule has 0 radical (unpaired) electrons. The number of carbonyl (C=O) groups is 1. The summed E-state index contributed by atoms with van der Waals surface area (Å²) in [7, 11) is 1.58. The molecule has 20 heavy (non-hydrogen) atoms. The van der Waals surface area contributed by atoms with Crippen LogP contribution < -0.4 is 11.2 Å². The first kappa shape index (κ1) is 10.7. The van der Waals surface area contributed by atoms with E-state index in [9.17, 15) is 14.4 Å². The van der Waals surface area contributed by atoms with Crippen molar-refractivity contribution in [3.8, 4) is 0 Å². The van der Waals surface area contributed by atoms with Crippen LogP contribution >= 0.6 is 0 Å². The SMILES string of the molecule is [2H]C([2H])([2H])C(=O)CCCCn1c(=O)c2c(C)c[nH]c2n(C)c1=O. The van der Waals surface area contributed by atoms with Crippen molar-refractivity contribution in [1.29, 1.82) is 0 Å². The molecule has 0 unspecified atom stereocenters. The van der Waals surface area contributed by atoms with Crippen molar-refractivity contribution in [3.63, 3.8) is 0 Å². The molecule has 2 aromatic heterocycles. The van der Waals surface area contributed by atoms with Gasteiger partial charge < -0.3 is 9.78 Å². The fraction of sp³-hybridized carbons (Fsp3) is 0.500. The molecule has 0 aliphatic rings. The third kappa shape index (κ3) is 2.45. The molecule has 6 heteroatoms. The summed E-state index contributed by atoms with van der Waals surface area (Å²) in [5.41, 5.74) is 0.425. The molecule has 0 atom stereocenters. The van der Waals surface area contributed by atoms with Gasteiger partial charge in [0, 0.05) is 30.3 Å². The molecule has 2 aromatic rings. The van der Waals surface area contributed by atoms with Crippen LogP contribution in [0.15, 0.2) is 15.8 Å². The van der Waals surface area contributed by atoms with E-state index in [0.717, 1.165) is 10.1 Å². The lowest BCUT2D eigenvalue weighted by Crippen LogP contribution is -2.39. The smallest absolute Gasteiger partial charge is 0.332 e. The zero-order valence-corrected chi connectivity index (χ0v) is 11.5. The van der Waals surface area contributed by atoms with Gasteiger partial charge in [0.1, 0.15) is 11.4 Å². The van der Waals surface area contributed by atoms with Crippen molar-refractivity contribution in [2.45, 2.75) is 39.6 Å². The summed E-state index contributed by atoms with van der Waals surface area (Å²) in [5.74, 6) is -0.797. The summed E-state index contributed by atoms with van der Waals surface area (Å²) in [4.78, 5) is 38.9. The van der Waals surface area contributed by atoms with Crippen molar-refractivity contribution in [1.82, 2.24) is 14.1 Å². The highest BCUT2D eigenvalue weighted by molar-refractivity contribution is 5.78. The molecule has 0 bridgehead atoms. The van der Waals surface area contributed by atoms with E-state index in [4.69, 9.17) is 4.11 Å². The molecule has 0 saturated carbocycles. The second-order valence-electron chi connectivity index (χ2n) is 4.87. The maximum atomic E-state index is 12.4. The molecule has 1 N–H and O–H groups in total. The van der Waals surface area contributed by atoms with E-state index in [1.165, 1.54) is 4.57 Å². The number of fused-ring (bicyclic) bond motifs is 1. The standard InChI is InChI=1S/C14H19N3O3/c1-9-8-15-12-11(9)13(19)17(14(20)16(12)3)7-5-4-6-10(2)18/h8,15H,4-7H2,1-3H3/i2D3. The Hall–Kier alpha value is -2.11. The first-order valence-electron chi connectivity index (χ1n) is 7.95. The lowest BCUT2D eigenvalue weighted by atomic mass is 10.2. The predicted molar refractivity (Wildman–Crippen MR) is 77.1 cm³/mol. The van der Waals surface area contributed by atoms with Crippen LogP contribution in [-0.2, 0) is 18.4 Å². The van der Waals surface area contributed by atoms with E-state index in [2.05, 4.69) is 4.98 Å². The average Bonchev–Trinajstić information content (AvgIpc) is 2.85. The third-order valence-electron chi connectivity index (χ3n) is 3.40. The fourth-order valence-electron chi connectivity index (χ4n) is 2.29. The largest absolute Gasteiger partial charge is 0.347 e. The molecule has 0 fully saturated rings. The lowest BCUT2D eigenvalue weighted by Gasteiger charge is -2.08. The Bertz CT molecular complexity index is 858. The van der Waals surface area contributed by atoms with Gasteiger partial charge in [-0.25, -0.2) is 4.79 Å². The van der Waals surface area contributed by atoms with Gasteiger partial charge >= 0.3 is 5.69 Å².